The molecule has 0 bridgehead atoms. The summed E-state index contributed by atoms with van der Waals surface area (Å²) >= 11 is 0. The van der Waals surface area contributed by atoms with Crippen molar-refractivity contribution in [2.45, 2.75) is 38.6 Å². The maximum absolute atomic E-state index is 5.77. The van der Waals surface area contributed by atoms with Gasteiger partial charge in [0.05, 0.1) is 0 Å². The van der Waals surface area contributed by atoms with E-state index in [0.29, 0.717) is 6.04 Å². The van der Waals surface area contributed by atoms with Crippen molar-refractivity contribution in [1.29, 1.82) is 0 Å². The molecule has 0 aliphatic rings. The first-order valence-electron chi connectivity index (χ1n) is 4.05. The molecule has 1 atom stereocenters. The minimum absolute atomic E-state index is 0.389. The molecule has 0 aromatic rings. The van der Waals surface area contributed by atoms with Crippen LogP contribution in [0.5, 0.6) is 0 Å². The van der Waals surface area contributed by atoms with Crippen molar-refractivity contribution in [2.24, 2.45) is 5.73 Å². The van der Waals surface area contributed by atoms with Gasteiger partial charge >= 0.3 is 0 Å². The van der Waals surface area contributed by atoms with Crippen LogP contribution in [0.3, 0.4) is 0 Å². The topological polar surface area (TPSA) is 35.2 Å². The fourth-order valence-corrected chi connectivity index (χ4v) is 1.00. The first kappa shape index (κ1) is 9.92. The summed E-state index contributed by atoms with van der Waals surface area (Å²) < 4.78 is 4.91. The first-order chi connectivity index (χ1) is 4.81. The third-order valence-electron chi connectivity index (χ3n) is 1.58. The Morgan fingerprint density at radius 1 is 1.40 bits per heavy atom. The number of ether oxygens (including phenoxy) is 1. The lowest BCUT2D eigenvalue weighted by atomic mass is 10.1. The lowest BCUT2D eigenvalue weighted by Gasteiger charge is -2.08. The van der Waals surface area contributed by atoms with Gasteiger partial charge in [-0.2, -0.15) is 0 Å². The second-order valence-electron chi connectivity index (χ2n) is 2.68. The van der Waals surface area contributed by atoms with E-state index >= 15 is 0 Å². The van der Waals surface area contributed by atoms with Crippen LogP contribution in [0.1, 0.15) is 32.6 Å². The van der Waals surface area contributed by atoms with Crippen LogP contribution in [0.15, 0.2) is 0 Å². The SMILES string of the molecule is CCC[C@@H](N)CCCOC. The molecule has 0 heterocycles. The largest absolute Gasteiger partial charge is 0.385 e. The molecule has 0 aliphatic heterocycles. The van der Waals surface area contributed by atoms with Crippen molar-refractivity contribution in [1.82, 2.24) is 0 Å². The van der Waals surface area contributed by atoms with Gasteiger partial charge in [-0.3, -0.25) is 0 Å². The van der Waals surface area contributed by atoms with Gasteiger partial charge in [0.1, 0.15) is 0 Å². The van der Waals surface area contributed by atoms with E-state index in [4.69, 9.17) is 10.5 Å². The summed E-state index contributed by atoms with van der Waals surface area (Å²) in [5.74, 6) is 0. The maximum Gasteiger partial charge on any atom is 0.0462 e. The molecule has 0 fully saturated rings. The third-order valence-corrected chi connectivity index (χ3v) is 1.58. The second kappa shape index (κ2) is 7.03. The Morgan fingerprint density at radius 3 is 2.60 bits per heavy atom. The molecule has 0 spiro atoms. The summed E-state index contributed by atoms with van der Waals surface area (Å²) in [6.45, 7) is 3.01. The lowest BCUT2D eigenvalue weighted by Crippen LogP contribution is -2.19. The number of hydrogen-bond donors (Lipinski definition) is 1. The smallest absolute Gasteiger partial charge is 0.0462 e. The minimum Gasteiger partial charge on any atom is -0.385 e. The van der Waals surface area contributed by atoms with E-state index in [0.717, 1.165) is 25.9 Å². The van der Waals surface area contributed by atoms with E-state index < -0.39 is 0 Å². The summed E-state index contributed by atoms with van der Waals surface area (Å²) in [5.41, 5.74) is 5.77. The fraction of sp³-hybridized carbons (Fsp3) is 1.00. The summed E-state index contributed by atoms with van der Waals surface area (Å²) in [7, 11) is 1.73. The van der Waals surface area contributed by atoms with Crippen molar-refractivity contribution in [3.05, 3.63) is 0 Å². The van der Waals surface area contributed by atoms with E-state index in [-0.39, 0.29) is 0 Å². The van der Waals surface area contributed by atoms with Gasteiger partial charge in [-0.1, -0.05) is 13.3 Å². The quantitative estimate of drug-likeness (QED) is 0.575. The fourth-order valence-electron chi connectivity index (χ4n) is 1.00. The van der Waals surface area contributed by atoms with Crippen LogP contribution in [0.2, 0.25) is 0 Å². The van der Waals surface area contributed by atoms with Crippen LogP contribution in [0.4, 0.5) is 0 Å². The number of rotatable bonds is 6. The summed E-state index contributed by atoms with van der Waals surface area (Å²) in [4.78, 5) is 0. The van der Waals surface area contributed by atoms with Crippen molar-refractivity contribution in [2.75, 3.05) is 13.7 Å². The Balaban J connectivity index is 2.97. The predicted octanol–water partition coefficient (Wildman–Crippen LogP) is 1.54. The molecule has 0 aliphatic carbocycles. The molecule has 62 valence electrons. The standard InChI is InChI=1S/C8H19NO/c1-3-5-8(9)6-4-7-10-2/h8H,3-7,9H2,1-2H3/t8-/m1/s1. The second-order valence-corrected chi connectivity index (χ2v) is 2.68. The van der Waals surface area contributed by atoms with Gasteiger partial charge in [0.15, 0.2) is 0 Å². The summed E-state index contributed by atoms with van der Waals surface area (Å²) in [6, 6.07) is 0.389. The molecular formula is C8H19NO. The monoisotopic (exact) mass is 145 g/mol. The van der Waals surface area contributed by atoms with E-state index in [1.54, 1.807) is 7.11 Å². The van der Waals surface area contributed by atoms with Crippen molar-refractivity contribution < 1.29 is 4.74 Å². The van der Waals surface area contributed by atoms with Crippen molar-refractivity contribution >= 4 is 0 Å². The zero-order valence-corrected chi connectivity index (χ0v) is 7.10. The molecule has 10 heavy (non-hydrogen) atoms. The highest BCUT2D eigenvalue weighted by atomic mass is 16.5. The first-order valence-corrected chi connectivity index (χ1v) is 4.05. The zero-order chi connectivity index (χ0) is 7.82. The van der Waals surface area contributed by atoms with Gasteiger partial charge in [0.25, 0.3) is 0 Å². The maximum atomic E-state index is 5.77. The molecule has 0 rings (SSSR count). The Labute approximate surface area is 63.7 Å². The molecule has 0 aromatic carbocycles. The molecule has 2 heteroatoms. The molecule has 0 amide bonds. The summed E-state index contributed by atoms with van der Waals surface area (Å²) in [6.07, 6.45) is 4.53. The zero-order valence-electron chi connectivity index (χ0n) is 7.10. The number of methoxy groups -OCH3 is 1. The van der Waals surface area contributed by atoms with Crippen molar-refractivity contribution in [3.8, 4) is 0 Å². The molecule has 0 saturated heterocycles. The Hall–Kier alpha value is -0.0800. The van der Waals surface area contributed by atoms with E-state index in [2.05, 4.69) is 6.92 Å². The van der Waals surface area contributed by atoms with Gasteiger partial charge in [-0.05, 0) is 19.3 Å². The Kier molecular flexibility index (Phi) is 6.98. The number of nitrogens with two attached hydrogens (primary N) is 1. The van der Waals surface area contributed by atoms with Gasteiger partial charge in [-0.25, -0.2) is 0 Å². The normalized spacial score (nSPS) is 13.5. The van der Waals surface area contributed by atoms with E-state index in [1.807, 2.05) is 0 Å². The average molecular weight is 145 g/mol. The Morgan fingerprint density at radius 2 is 2.10 bits per heavy atom. The number of hydrogen-bond acceptors (Lipinski definition) is 2. The van der Waals surface area contributed by atoms with E-state index in [9.17, 15) is 0 Å². The van der Waals surface area contributed by atoms with Crippen LogP contribution in [0.25, 0.3) is 0 Å². The molecule has 0 radical (unpaired) electrons. The van der Waals surface area contributed by atoms with Crippen molar-refractivity contribution in [3.63, 3.8) is 0 Å². The molecule has 0 aromatic heterocycles. The molecule has 0 saturated carbocycles. The summed E-state index contributed by atoms with van der Waals surface area (Å²) in [5, 5.41) is 0. The van der Waals surface area contributed by atoms with Crippen LogP contribution in [-0.2, 0) is 4.74 Å². The van der Waals surface area contributed by atoms with Gasteiger partial charge < -0.3 is 10.5 Å². The van der Waals surface area contributed by atoms with Crippen LogP contribution in [0, 0.1) is 0 Å². The van der Waals surface area contributed by atoms with Gasteiger partial charge in [0, 0.05) is 19.8 Å². The molecular weight excluding hydrogens is 126 g/mol. The molecule has 0 unspecified atom stereocenters. The van der Waals surface area contributed by atoms with E-state index in [1.165, 1.54) is 6.42 Å². The third kappa shape index (κ3) is 6.05. The van der Waals surface area contributed by atoms with Crippen LogP contribution >= 0.6 is 0 Å². The van der Waals surface area contributed by atoms with Crippen LogP contribution < -0.4 is 5.73 Å². The Bertz CT molecular complexity index is 66.3. The highest BCUT2D eigenvalue weighted by Gasteiger charge is 1.98. The van der Waals surface area contributed by atoms with Gasteiger partial charge in [0.2, 0.25) is 0 Å². The lowest BCUT2D eigenvalue weighted by molar-refractivity contribution is 0.190. The average Bonchev–Trinajstić information content (AvgIpc) is 1.89. The van der Waals surface area contributed by atoms with Crippen LogP contribution in [-0.4, -0.2) is 19.8 Å². The predicted molar refractivity (Wildman–Crippen MR) is 44.0 cm³/mol. The highest BCUT2D eigenvalue weighted by Crippen LogP contribution is 2.01. The molecule has 2 N–H and O–H groups in total. The highest BCUT2D eigenvalue weighted by molar-refractivity contribution is 4.59. The minimum atomic E-state index is 0.389. The van der Waals surface area contributed by atoms with Gasteiger partial charge in [-0.15, -0.1) is 0 Å². The molecule has 2 nitrogen and oxygen atoms in total.